The van der Waals surface area contributed by atoms with Crippen molar-refractivity contribution < 1.29 is 0 Å². The van der Waals surface area contributed by atoms with E-state index in [0.29, 0.717) is 0 Å². The van der Waals surface area contributed by atoms with Gasteiger partial charge in [0.2, 0.25) is 0 Å². The molecule has 66 valence electrons. The van der Waals surface area contributed by atoms with Crippen molar-refractivity contribution >= 4 is 15.9 Å². The Morgan fingerprint density at radius 1 is 1.33 bits per heavy atom. The maximum absolute atomic E-state index is 3.43. The Kier molecular flexibility index (Phi) is 2.51. The summed E-state index contributed by atoms with van der Waals surface area (Å²) in [5.74, 6) is 0.758. The molecule has 1 aliphatic rings. The normalized spacial score (nSPS) is 19.8. The molecule has 1 aromatic rings. The molecule has 2 rings (SSSR count). The number of H-pyrrole nitrogens is 1. The number of halogens is 1. The Morgan fingerprint density at radius 2 is 2.08 bits per heavy atom. The van der Waals surface area contributed by atoms with Crippen LogP contribution in [-0.2, 0) is 0 Å². The van der Waals surface area contributed by atoms with E-state index in [2.05, 4.69) is 38.5 Å². The second kappa shape index (κ2) is 3.62. The average Bonchev–Trinajstić information content (AvgIpc) is 2.54. The van der Waals surface area contributed by atoms with Crippen LogP contribution in [0.2, 0.25) is 0 Å². The zero-order valence-electron chi connectivity index (χ0n) is 6.94. The number of aromatic amines is 1. The average molecular weight is 229 g/mol. The maximum Gasteiger partial charge on any atom is 0.0822 e. The SMILES string of the molecule is Brc1cc(C2CCNCC2)c[nH]1. The number of aromatic nitrogens is 1. The van der Waals surface area contributed by atoms with Gasteiger partial charge in [-0.2, -0.15) is 0 Å². The lowest BCUT2D eigenvalue weighted by Gasteiger charge is -2.21. The Hall–Kier alpha value is -0.280. The third-order valence-corrected chi connectivity index (χ3v) is 2.94. The third-order valence-electron chi connectivity index (χ3n) is 2.48. The molecule has 0 spiro atoms. The zero-order chi connectivity index (χ0) is 8.39. The molecule has 3 heteroatoms. The molecule has 0 bridgehead atoms. The fourth-order valence-electron chi connectivity index (χ4n) is 1.77. The second-order valence-electron chi connectivity index (χ2n) is 3.31. The van der Waals surface area contributed by atoms with E-state index in [1.165, 1.54) is 18.4 Å². The van der Waals surface area contributed by atoms with Gasteiger partial charge < -0.3 is 10.3 Å². The van der Waals surface area contributed by atoms with Crippen LogP contribution in [0, 0.1) is 0 Å². The summed E-state index contributed by atoms with van der Waals surface area (Å²) in [6.45, 7) is 2.32. The van der Waals surface area contributed by atoms with Crippen LogP contribution in [0.25, 0.3) is 0 Å². The topological polar surface area (TPSA) is 27.8 Å². The van der Waals surface area contributed by atoms with E-state index in [9.17, 15) is 0 Å². The first kappa shape index (κ1) is 8.32. The van der Waals surface area contributed by atoms with Gasteiger partial charge in [0.1, 0.15) is 0 Å². The summed E-state index contributed by atoms with van der Waals surface area (Å²) >= 11 is 3.43. The van der Waals surface area contributed by atoms with Crippen LogP contribution in [0.4, 0.5) is 0 Å². The van der Waals surface area contributed by atoms with Crippen LogP contribution in [0.1, 0.15) is 24.3 Å². The number of hydrogen-bond acceptors (Lipinski definition) is 1. The van der Waals surface area contributed by atoms with Gasteiger partial charge in [-0.25, -0.2) is 0 Å². The van der Waals surface area contributed by atoms with Gasteiger partial charge in [0.25, 0.3) is 0 Å². The van der Waals surface area contributed by atoms with Crippen molar-refractivity contribution in [3.8, 4) is 0 Å². The van der Waals surface area contributed by atoms with E-state index in [1.54, 1.807) is 0 Å². The molecule has 0 radical (unpaired) electrons. The molecule has 0 aliphatic carbocycles. The van der Waals surface area contributed by atoms with Gasteiger partial charge in [-0.05, 0) is 59.4 Å². The highest BCUT2D eigenvalue weighted by Crippen LogP contribution is 2.26. The van der Waals surface area contributed by atoms with Crippen LogP contribution in [0.5, 0.6) is 0 Å². The van der Waals surface area contributed by atoms with Crippen molar-refractivity contribution in [1.82, 2.24) is 10.3 Å². The molecule has 1 fully saturated rings. The molecule has 2 N–H and O–H groups in total. The van der Waals surface area contributed by atoms with Gasteiger partial charge in [0, 0.05) is 6.20 Å². The minimum absolute atomic E-state index is 0.758. The lowest BCUT2D eigenvalue weighted by atomic mass is 9.92. The highest BCUT2D eigenvalue weighted by molar-refractivity contribution is 9.10. The van der Waals surface area contributed by atoms with Crippen LogP contribution in [0.3, 0.4) is 0 Å². The van der Waals surface area contributed by atoms with Crippen LogP contribution >= 0.6 is 15.9 Å². The summed E-state index contributed by atoms with van der Waals surface area (Å²) in [6, 6.07) is 2.19. The van der Waals surface area contributed by atoms with E-state index in [1.807, 2.05) is 0 Å². The van der Waals surface area contributed by atoms with Gasteiger partial charge in [-0.3, -0.25) is 0 Å². The summed E-state index contributed by atoms with van der Waals surface area (Å²) in [5, 5.41) is 3.37. The van der Waals surface area contributed by atoms with Crippen LogP contribution in [-0.4, -0.2) is 18.1 Å². The fraction of sp³-hybridized carbons (Fsp3) is 0.556. The molecule has 0 aromatic carbocycles. The van der Waals surface area contributed by atoms with E-state index >= 15 is 0 Å². The molecule has 0 saturated carbocycles. The Bertz CT molecular complexity index is 251. The van der Waals surface area contributed by atoms with Crippen molar-refractivity contribution in [3.05, 3.63) is 22.4 Å². The van der Waals surface area contributed by atoms with Crippen LogP contribution in [0.15, 0.2) is 16.9 Å². The van der Waals surface area contributed by atoms with Crippen molar-refractivity contribution in [1.29, 1.82) is 0 Å². The molecule has 12 heavy (non-hydrogen) atoms. The molecule has 0 atom stereocenters. The Balaban J connectivity index is 2.08. The largest absolute Gasteiger partial charge is 0.356 e. The lowest BCUT2D eigenvalue weighted by Crippen LogP contribution is -2.26. The van der Waals surface area contributed by atoms with Gasteiger partial charge >= 0.3 is 0 Å². The van der Waals surface area contributed by atoms with Gasteiger partial charge in [0.05, 0.1) is 4.60 Å². The zero-order valence-corrected chi connectivity index (χ0v) is 8.52. The lowest BCUT2D eigenvalue weighted by molar-refractivity contribution is 0.460. The highest BCUT2D eigenvalue weighted by Gasteiger charge is 2.15. The van der Waals surface area contributed by atoms with Crippen molar-refractivity contribution in [2.45, 2.75) is 18.8 Å². The smallest absolute Gasteiger partial charge is 0.0822 e. The third kappa shape index (κ3) is 1.72. The van der Waals surface area contributed by atoms with Gasteiger partial charge in [-0.1, -0.05) is 0 Å². The molecule has 0 unspecified atom stereocenters. The number of piperidine rings is 1. The van der Waals surface area contributed by atoms with E-state index in [4.69, 9.17) is 0 Å². The molecule has 1 aliphatic heterocycles. The highest BCUT2D eigenvalue weighted by atomic mass is 79.9. The summed E-state index contributed by atoms with van der Waals surface area (Å²) in [4.78, 5) is 3.16. The predicted octanol–water partition coefficient (Wildman–Crippen LogP) is 2.24. The summed E-state index contributed by atoms with van der Waals surface area (Å²) in [6.07, 6.45) is 4.65. The molecule has 2 nitrogen and oxygen atoms in total. The first-order valence-corrected chi connectivity index (χ1v) is 5.20. The molecular weight excluding hydrogens is 216 g/mol. The second-order valence-corrected chi connectivity index (χ2v) is 4.16. The van der Waals surface area contributed by atoms with Crippen molar-refractivity contribution in [3.63, 3.8) is 0 Å². The quantitative estimate of drug-likeness (QED) is 0.759. The molecule has 1 saturated heterocycles. The van der Waals surface area contributed by atoms with Crippen LogP contribution < -0.4 is 5.32 Å². The Labute approximate surface area is 80.9 Å². The first-order chi connectivity index (χ1) is 5.86. The summed E-state index contributed by atoms with van der Waals surface area (Å²) in [5.41, 5.74) is 1.45. The number of hydrogen-bond donors (Lipinski definition) is 2. The number of nitrogens with one attached hydrogen (secondary N) is 2. The molecule has 1 aromatic heterocycles. The van der Waals surface area contributed by atoms with Crippen molar-refractivity contribution in [2.75, 3.05) is 13.1 Å². The minimum atomic E-state index is 0.758. The van der Waals surface area contributed by atoms with Gasteiger partial charge in [-0.15, -0.1) is 0 Å². The summed E-state index contributed by atoms with van der Waals surface area (Å²) < 4.78 is 1.09. The fourth-order valence-corrected chi connectivity index (χ4v) is 2.15. The minimum Gasteiger partial charge on any atom is -0.356 e. The predicted molar refractivity (Wildman–Crippen MR) is 53.3 cm³/mol. The van der Waals surface area contributed by atoms with E-state index in [0.717, 1.165) is 23.6 Å². The standard InChI is InChI=1S/C9H13BrN2/c10-9-5-8(6-12-9)7-1-3-11-4-2-7/h5-7,11-12H,1-4H2. The summed E-state index contributed by atoms with van der Waals surface area (Å²) in [7, 11) is 0. The molecular formula is C9H13BrN2. The van der Waals surface area contributed by atoms with Gasteiger partial charge in [0.15, 0.2) is 0 Å². The number of rotatable bonds is 1. The maximum atomic E-state index is 3.43. The molecule has 2 heterocycles. The van der Waals surface area contributed by atoms with Crippen molar-refractivity contribution in [2.24, 2.45) is 0 Å². The van der Waals surface area contributed by atoms with E-state index < -0.39 is 0 Å². The Morgan fingerprint density at radius 3 is 2.67 bits per heavy atom. The monoisotopic (exact) mass is 228 g/mol. The van der Waals surface area contributed by atoms with E-state index in [-0.39, 0.29) is 0 Å². The first-order valence-electron chi connectivity index (χ1n) is 4.41. The molecule has 0 amide bonds.